The number of rotatable bonds is 7. The molecule has 3 atom stereocenters. The van der Waals surface area contributed by atoms with E-state index >= 15 is 0 Å². The molecule has 1 aliphatic carbocycles. The van der Waals surface area contributed by atoms with Crippen LogP contribution in [0.25, 0.3) is 0 Å². The van der Waals surface area contributed by atoms with E-state index in [1.165, 1.54) is 0 Å². The predicted octanol–water partition coefficient (Wildman–Crippen LogP) is 0.698. The van der Waals surface area contributed by atoms with Crippen LogP contribution in [0.15, 0.2) is 11.6 Å². The minimum atomic E-state index is -3.67. The molecule has 0 amide bonds. The van der Waals surface area contributed by atoms with Gasteiger partial charge in [-0.2, -0.15) is 8.42 Å². The fourth-order valence-corrected chi connectivity index (χ4v) is 4.09. The number of esters is 1. The van der Waals surface area contributed by atoms with Crippen molar-refractivity contribution in [2.75, 3.05) is 19.1 Å². The van der Waals surface area contributed by atoms with Crippen LogP contribution in [0.1, 0.15) is 40.0 Å². The van der Waals surface area contributed by atoms with Crippen molar-refractivity contribution in [2.45, 2.75) is 63.5 Å². The average molecular weight is 430 g/mol. The van der Waals surface area contributed by atoms with Crippen LogP contribution in [0.5, 0.6) is 0 Å². The highest BCUT2D eigenvalue weighted by atomic mass is 32.2. The molecule has 0 bridgehead atoms. The normalized spacial score (nSPS) is 23.3. The Labute approximate surface area is 162 Å². The van der Waals surface area contributed by atoms with Crippen LogP contribution in [0, 0.1) is 0 Å². The van der Waals surface area contributed by atoms with Gasteiger partial charge < -0.3 is 15.2 Å². The highest BCUT2D eigenvalue weighted by molar-refractivity contribution is 7.91. The van der Waals surface area contributed by atoms with Gasteiger partial charge in [0.25, 0.3) is 10.1 Å². The summed E-state index contributed by atoms with van der Waals surface area (Å²) in [5, 5.41) is -0.841. The Morgan fingerprint density at radius 3 is 2.07 bits per heavy atom. The van der Waals surface area contributed by atoms with Gasteiger partial charge in [0, 0.05) is 17.9 Å². The van der Waals surface area contributed by atoms with E-state index in [9.17, 15) is 21.6 Å². The van der Waals surface area contributed by atoms with Crippen LogP contribution in [-0.2, 0) is 34.2 Å². The van der Waals surface area contributed by atoms with Crippen molar-refractivity contribution >= 4 is 25.9 Å². The Bertz CT molecular complexity index is 703. The molecule has 0 saturated heterocycles. The van der Waals surface area contributed by atoms with Crippen LogP contribution >= 0.6 is 0 Å². The Morgan fingerprint density at radius 2 is 1.70 bits per heavy atom. The van der Waals surface area contributed by atoms with Crippen molar-refractivity contribution in [1.29, 1.82) is 0 Å². The molecule has 0 aromatic rings. The van der Waals surface area contributed by atoms with Crippen molar-refractivity contribution in [3.63, 3.8) is 0 Å². The lowest BCUT2D eigenvalue weighted by Gasteiger charge is -2.35. The lowest BCUT2D eigenvalue weighted by molar-refractivity contribution is -0.139. The summed E-state index contributed by atoms with van der Waals surface area (Å²) in [6, 6.07) is -0.682. The molecule has 0 spiro atoms. The Morgan fingerprint density at radius 1 is 1.22 bits per heavy atom. The maximum Gasteiger partial charge on any atom is 0.333 e. The molecule has 0 radical (unpaired) electrons. The van der Waals surface area contributed by atoms with Gasteiger partial charge in [0.1, 0.15) is 5.25 Å². The number of carbonyl (C=O) groups is 1. The van der Waals surface area contributed by atoms with Crippen molar-refractivity contribution in [2.24, 2.45) is 5.73 Å². The van der Waals surface area contributed by atoms with Gasteiger partial charge in [0.15, 0.2) is 9.84 Å². The largest absolute Gasteiger partial charge is 0.463 e. The van der Waals surface area contributed by atoms with Gasteiger partial charge in [-0.1, -0.05) is 13.8 Å². The fourth-order valence-electron chi connectivity index (χ4n) is 2.73. The topological polar surface area (TPSA) is 150 Å². The third-order valence-corrected chi connectivity index (χ3v) is 5.47. The van der Waals surface area contributed by atoms with E-state index in [4.69, 9.17) is 19.8 Å². The minimum Gasteiger partial charge on any atom is -0.463 e. The Kier molecular flexibility index (Phi) is 10.7. The van der Waals surface area contributed by atoms with E-state index in [-0.39, 0.29) is 19.1 Å². The first kappa shape index (κ1) is 26.0. The van der Waals surface area contributed by atoms with Gasteiger partial charge in [-0.25, -0.2) is 13.2 Å². The fraction of sp³-hybridized carbons (Fsp3) is 0.812. The van der Waals surface area contributed by atoms with Crippen molar-refractivity contribution in [3.05, 3.63) is 11.6 Å². The van der Waals surface area contributed by atoms with Gasteiger partial charge >= 0.3 is 5.97 Å². The molecule has 0 fully saturated rings. The molecular formula is C16H31NO8S2. The van der Waals surface area contributed by atoms with Crippen LogP contribution in [0.4, 0.5) is 0 Å². The Hall–Kier alpha value is -1.01. The van der Waals surface area contributed by atoms with E-state index in [1.54, 1.807) is 13.0 Å². The van der Waals surface area contributed by atoms with Crippen molar-refractivity contribution in [1.82, 2.24) is 0 Å². The minimum absolute atomic E-state index is 0.0701. The van der Waals surface area contributed by atoms with E-state index in [2.05, 4.69) is 0 Å². The van der Waals surface area contributed by atoms with Gasteiger partial charge in [-0.3, -0.25) is 4.55 Å². The molecule has 9 nitrogen and oxygen atoms in total. The van der Waals surface area contributed by atoms with Crippen LogP contribution < -0.4 is 5.73 Å². The molecule has 0 unspecified atom stereocenters. The first-order valence-corrected chi connectivity index (χ1v) is 12.4. The molecule has 0 aliphatic heterocycles. The zero-order chi connectivity index (χ0) is 21.4. The average Bonchev–Trinajstić information content (AvgIpc) is 2.49. The molecule has 1 rings (SSSR count). The maximum absolute atomic E-state index is 12.1. The monoisotopic (exact) mass is 429 g/mol. The standard InChI is InChI=1S/C15H27NO5S.CH4O3S/c1-5-11(6-2)21-13-9-10(15(17)20-7-3)8-12(16)14(13)22(4,18)19;1-5(2,3)4/h9,11-14H,5-8,16H2,1-4H3;1H3,(H,2,3,4)/t12-,13-,14-;/m1./s1. The van der Waals surface area contributed by atoms with Crippen molar-refractivity contribution < 1.29 is 35.7 Å². The number of nitrogens with two attached hydrogens (primary N) is 1. The van der Waals surface area contributed by atoms with E-state index < -0.39 is 43.3 Å². The SMILES string of the molecule is CCOC(=O)C1=C[C@@H](OC(CC)CC)[C@H](S(C)(=O)=O)[C@H](N)C1.CS(=O)(=O)O. The van der Waals surface area contributed by atoms with Gasteiger partial charge in [0.05, 0.1) is 25.1 Å². The summed E-state index contributed by atoms with van der Waals surface area (Å²) in [7, 11) is -7.06. The Balaban J connectivity index is 0.00000119. The maximum atomic E-state index is 12.1. The third-order valence-electron chi connectivity index (χ3n) is 3.86. The molecule has 160 valence electrons. The second-order valence-corrected chi connectivity index (χ2v) is 10.0. The molecule has 0 heterocycles. The molecule has 0 aromatic carbocycles. The zero-order valence-electron chi connectivity index (χ0n) is 16.4. The molecule has 27 heavy (non-hydrogen) atoms. The van der Waals surface area contributed by atoms with Gasteiger partial charge in [0.2, 0.25) is 0 Å². The van der Waals surface area contributed by atoms with Gasteiger partial charge in [-0.15, -0.1) is 0 Å². The second-order valence-electron chi connectivity index (χ2n) is 6.35. The van der Waals surface area contributed by atoms with Crippen LogP contribution in [0.2, 0.25) is 0 Å². The summed E-state index contributed by atoms with van der Waals surface area (Å²) in [6.45, 7) is 5.93. The van der Waals surface area contributed by atoms with E-state index in [1.807, 2.05) is 13.8 Å². The van der Waals surface area contributed by atoms with Crippen LogP contribution in [-0.4, -0.2) is 70.0 Å². The third kappa shape index (κ3) is 10.2. The molecule has 0 saturated carbocycles. The highest BCUT2D eigenvalue weighted by Crippen LogP contribution is 2.27. The summed E-state index contributed by atoms with van der Waals surface area (Å²) < 4.78 is 60.9. The lowest BCUT2D eigenvalue weighted by Crippen LogP contribution is -2.52. The smallest absolute Gasteiger partial charge is 0.333 e. The van der Waals surface area contributed by atoms with E-state index in [0.717, 1.165) is 19.1 Å². The second kappa shape index (κ2) is 11.1. The summed E-state index contributed by atoms with van der Waals surface area (Å²) in [6.07, 6.45) is 4.37. The van der Waals surface area contributed by atoms with Crippen LogP contribution in [0.3, 0.4) is 0 Å². The number of ether oxygens (including phenoxy) is 2. The van der Waals surface area contributed by atoms with E-state index in [0.29, 0.717) is 11.8 Å². The molecular weight excluding hydrogens is 398 g/mol. The quantitative estimate of drug-likeness (QED) is 0.440. The number of sulfone groups is 1. The van der Waals surface area contributed by atoms with Gasteiger partial charge in [-0.05, 0) is 32.3 Å². The number of hydrogen-bond acceptors (Lipinski definition) is 8. The summed E-state index contributed by atoms with van der Waals surface area (Å²) in [5.41, 5.74) is 6.42. The molecule has 0 aromatic heterocycles. The summed E-state index contributed by atoms with van der Waals surface area (Å²) >= 11 is 0. The van der Waals surface area contributed by atoms with Crippen molar-refractivity contribution in [3.8, 4) is 0 Å². The molecule has 1 aliphatic rings. The number of hydrogen-bond donors (Lipinski definition) is 2. The highest BCUT2D eigenvalue weighted by Gasteiger charge is 2.41. The molecule has 11 heteroatoms. The predicted molar refractivity (Wildman–Crippen MR) is 103 cm³/mol. The lowest BCUT2D eigenvalue weighted by atomic mass is 9.92. The summed E-state index contributed by atoms with van der Waals surface area (Å²) in [4.78, 5) is 11.9. The first-order valence-electron chi connectivity index (χ1n) is 8.64. The summed E-state index contributed by atoms with van der Waals surface area (Å²) in [5.74, 6) is -0.456. The zero-order valence-corrected chi connectivity index (χ0v) is 18.0. The molecule has 3 N–H and O–H groups in total. The number of carbonyl (C=O) groups excluding carboxylic acids is 1. The first-order chi connectivity index (χ1) is 12.2.